The molecule has 1 aromatic carbocycles. The molecule has 0 saturated heterocycles. The molecule has 121 valence electrons. The fourth-order valence-corrected chi connectivity index (χ4v) is 4.08. The second kappa shape index (κ2) is 9.34. The quantitative estimate of drug-likeness (QED) is 0.559. The average molecular weight is 392 g/mol. The minimum Gasteiger partial charge on any atom is -0.147 e. The number of allylic oxidation sites excluding steroid dienone is 4. The summed E-state index contributed by atoms with van der Waals surface area (Å²) in [7, 11) is -1.58. The van der Waals surface area contributed by atoms with Crippen molar-refractivity contribution in [2.75, 3.05) is 0 Å². The fraction of sp³-hybridized carbons (Fsp3) is 0.412. The van der Waals surface area contributed by atoms with Gasteiger partial charge in [-0.05, 0) is 0 Å². The van der Waals surface area contributed by atoms with Crippen molar-refractivity contribution < 1.29 is 24.9 Å². The summed E-state index contributed by atoms with van der Waals surface area (Å²) in [5.41, 5.74) is 2.83. The summed E-state index contributed by atoms with van der Waals surface area (Å²) in [6, 6.07) is 8.57. The van der Waals surface area contributed by atoms with E-state index in [9.17, 15) is 0 Å². The summed E-state index contributed by atoms with van der Waals surface area (Å²) in [4.78, 5) is 0. The second-order valence-electron chi connectivity index (χ2n) is 6.25. The Hall–Kier alpha value is 0.0112. The third kappa shape index (κ3) is 5.58. The Morgan fingerprint density at radius 2 is 1.82 bits per heavy atom. The zero-order chi connectivity index (χ0) is 14.8. The molecule has 0 amide bonds. The largest absolute Gasteiger partial charge is 0.147 e. The van der Waals surface area contributed by atoms with Gasteiger partial charge in [-0.15, -0.1) is 24.8 Å². The van der Waals surface area contributed by atoms with E-state index in [-0.39, 0.29) is 24.8 Å². The monoisotopic (exact) mass is 391 g/mol. The molecule has 1 aliphatic rings. The van der Waals surface area contributed by atoms with E-state index in [0.29, 0.717) is 5.92 Å². The van der Waals surface area contributed by atoms with Crippen LogP contribution in [0.5, 0.6) is 5.75 Å². The van der Waals surface area contributed by atoms with Gasteiger partial charge in [0.05, 0.1) is 0 Å². The van der Waals surface area contributed by atoms with Gasteiger partial charge in [-0.2, -0.15) is 0 Å². The van der Waals surface area contributed by atoms with Gasteiger partial charge in [-0.3, -0.25) is 0 Å². The number of hydrogen-bond donors (Lipinski definition) is 0. The van der Waals surface area contributed by atoms with Gasteiger partial charge >= 0.3 is 136 Å². The van der Waals surface area contributed by atoms with E-state index in [1.54, 1.807) is 0 Å². The van der Waals surface area contributed by atoms with Crippen molar-refractivity contribution in [2.45, 2.75) is 45.3 Å². The van der Waals surface area contributed by atoms with E-state index in [0.717, 1.165) is 18.6 Å². The molecule has 0 aliphatic heterocycles. The molecule has 0 bridgehead atoms. The molecule has 0 saturated carbocycles. The van der Waals surface area contributed by atoms with Crippen LogP contribution in [0.15, 0.2) is 45.9 Å². The molecule has 0 aromatic heterocycles. The number of halogens is 2. The van der Waals surface area contributed by atoms with E-state index < -0.39 is 8.32 Å². The number of hydrogen-bond acceptors (Lipinski definition) is 1. The van der Waals surface area contributed by atoms with Crippen LogP contribution in [0.1, 0.15) is 31.2 Å². The molecule has 22 heavy (non-hydrogen) atoms. The summed E-state index contributed by atoms with van der Waals surface area (Å²) in [5.74, 6) is 1.54. The van der Waals surface area contributed by atoms with Crippen LogP contribution in [0.2, 0.25) is 19.6 Å². The summed E-state index contributed by atoms with van der Waals surface area (Å²) in [5, 5.41) is 0. The Labute approximate surface area is 160 Å². The Bertz CT molecular complexity index is 550. The van der Waals surface area contributed by atoms with Crippen molar-refractivity contribution in [3.63, 3.8) is 0 Å². The summed E-state index contributed by atoms with van der Waals surface area (Å²) < 4.78 is 7.80. The topological polar surface area (TPSA) is 9.23 Å². The number of rotatable bonds is 5. The Morgan fingerprint density at radius 3 is 2.32 bits per heavy atom. The van der Waals surface area contributed by atoms with Crippen LogP contribution in [-0.4, -0.2) is 8.32 Å². The Kier molecular flexibility index (Phi) is 9.35. The maximum absolute atomic E-state index is 6.30. The van der Waals surface area contributed by atoms with Crippen molar-refractivity contribution in [3.05, 3.63) is 51.4 Å². The van der Waals surface area contributed by atoms with Crippen LogP contribution in [0.25, 0.3) is 0 Å². The predicted molar refractivity (Wildman–Crippen MR) is 98.7 cm³/mol. The molecule has 0 radical (unpaired) electrons. The smallest absolute Gasteiger partial charge is 0.147 e. The van der Waals surface area contributed by atoms with E-state index in [1.165, 1.54) is 15.0 Å². The van der Waals surface area contributed by atoms with Crippen LogP contribution in [-0.2, 0) is 20.4 Å². The van der Waals surface area contributed by atoms with Crippen LogP contribution in [0, 0.1) is 0 Å². The van der Waals surface area contributed by atoms with E-state index in [2.05, 4.69) is 83.4 Å². The van der Waals surface area contributed by atoms with Crippen molar-refractivity contribution in [2.24, 2.45) is 0 Å². The molecule has 2 rings (SSSR count). The van der Waals surface area contributed by atoms with Crippen molar-refractivity contribution in [1.82, 2.24) is 0 Å². The van der Waals surface area contributed by atoms with Crippen molar-refractivity contribution in [3.8, 4) is 5.75 Å². The van der Waals surface area contributed by atoms with Crippen LogP contribution < -0.4 is 4.43 Å². The molecule has 5 heteroatoms. The number of benzene rings is 1. The first kappa shape index (κ1) is 22.0. The van der Waals surface area contributed by atoms with E-state index in [4.69, 9.17) is 4.43 Å². The summed E-state index contributed by atoms with van der Waals surface area (Å²) in [6.07, 6.45) is 6.79. The maximum atomic E-state index is 6.30. The molecular formula is C17H25Cl2OSiTi. The molecule has 1 atom stereocenters. The van der Waals surface area contributed by atoms with Gasteiger partial charge in [0.1, 0.15) is 0 Å². The minimum absolute atomic E-state index is 0. The van der Waals surface area contributed by atoms with Gasteiger partial charge in [0, 0.05) is 0 Å². The molecular weight excluding hydrogens is 367 g/mol. The molecule has 0 fully saturated rings. The Morgan fingerprint density at radius 1 is 1.18 bits per heavy atom. The zero-order valence-corrected chi connectivity index (χ0v) is 17.9. The van der Waals surface area contributed by atoms with Gasteiger partial charge in [0.15, 0.2) is 0 Å². The second-order valence-corrected chi connectivity index (χ2v) is 11.6. The summed E-state index contributed by atoms with van der Waals surface area (Å²) >= 11 is 2.25. The summed E-state index contributed by atoms with van der Waals surface area (Å²) in [6.45, 7) is 8.99. The fourth-order valence-electron chi connectivity index (χ4n) is 2.65. The van der Waals surface area contributed by atoms with Gasteiger partial charge in [0.2, 0.25) is 0 Å². The van der Waals surface area contributed by atoms with Gasteiger partial charge in [-0.25, -0.2) is 0 Å². The van der Waals surface area contributed by atoms with Crippen molar-refractivity contribution in [1.29, 1.82) is 0 Å². The van der Waals surface area contributed by atoms with Gasteiger partial charge in [0.25, 0.3) is 0 Å². The maximum Gasteiger partial charge on any atom is -0.147 e. The molecule has 0 heterocycles. The first-order valence-corrected chi connectivity index (χ1v) is 11.5. The molecule has 0 spiro atoms. The molecule has 0 N–H and O–H groups in total. The molecule has 1 aromatic rings. The SMILES string of the molecule is CCC(C1=[C]([Ti])CC=C1)c1ccccc1O[Si](C)(C)C.Cl.Cl. The predicted octanol–water partition coefficient (Wildman–Crippen LogP) is 6.00. The molecule has 1 aliphatic carbocycles. The van der Waals surface area contributed by atoms with E-state index >= 15 is 0 Å². The average Bonchev–Trinajstić information content (AvgIpc) is 2.77. The van der Waals surface area contributed by atoms with Crippen molar-refractivity contribution >= 4 is 33.1 Å². The van der Waals surface area contributed by atoms with Crippen LogP contribution >= 0.6 is 24.8 Å². The normalized spacial score (nSPS) is 15.0. The van der Waals surface area contributed by atoms with Gasteiger partial charge in [-0.1, -0.05) is 0 Å². The zero-order valence-electron chi connectivity index (χ0n) is 13.7. The van der Waals surface area contributed by atoms with Gasteiger partial charge < -0.3 is 0 Å². The Balaban J connectivity index is 0.00000220. The first-order chi connectivity index (χ1) is 9.42. The molecule has 1 nitrogen and oxygen atoms in total. The standard InChI is InChI=1S/C17H23OSi.2ClH.Ti/c1-5-15(14-10-6-7-11-14)16-12-8-9-13-17(16)18-19(2,3)4;;;/h6,8-10,12-13,15H,5,7H2,1-4H3;2*1H;. The van der Waals surface area contributed by atoms with Crippen LogP contribution in [0.4, 0.5) is 0 Å². The first-order valence-electron chi connectivity index (χ1n) is 7.31. The van der Waals surface area contributed by atoms with E-state index in [1.807, 2.05) is 0 Å². The third-order valence-corrected chi connectivity index (χ3v) is 5.06. The molecule has 1 unspecified atom stereocenters. The minimum atomic E-state index is -1.58. The van der Waals surface area contributed by atoms with Crippen LogP contribution in [0.3, 0.4) is 0 Å². The third-order valence-electron chi connectivity index (χ3n) is 3.46. The number of para-hydroxylation sites is 1.